The molecule has 118 valence electrons. The number of piperidine rings is 1. The second-order valence-electron chi connectivity index (χ2n) is 5.61. The fourth-order valence-corrected chi connectivity index (χ4v) is 3.98. The normalized spacial score (nSPS) is 24.0. The second-order valence-corrected chi connectivity index (χ2v) is 7.55. The zero-order valence-corrected chi connectivity index (χ0v) is 13.5. The third kappa shape index (κ3) is 3.75. The predicted molar refractivity (Wildman–Crippen MR) is 82.7 cm³/mol. The molecule has 1 heterocycles. The third-order valence-corrected chi connectivity index (χ3v) is 5.75. The summed E-state index contributed by atoms with van der Waals surface area (Å²) in [5.41, 5.74) is 5.95. The Morgan fingerprint density at radius 2 is 2.00 bits per heavy atom. The van der Waals surface area contributed by atoms with E-state index in [1.54, 1.807) is 24.3 Å². The van der Waals surface area contributed by atoms with Crippen molar-refractivity contribution in [1.29, 1.82) is 0 Å². The summed E-state index contributed by atoms with van der Waals surface area (Å²) in [4.78, 5) is 0.314. The number of hydrogen-bond acceptors (Lipinski definition) is 4. The second kappa shape index (κ2) is 6.77. The summed E-state index contributed by atoms with van der Waals surface area (Å²) in [5, 5.41) is 0. The van der Waals surface area contributed by atoms with Crippen LogP contribution >= 0.6 is 0 Å². The number of sulfonamides is 1. The highest BCUT2D eigenvalue weighted by Crippen LogP contribution is 2.24. The van der Waals surface area contributed by atoms with Gasteiger partial charge in [-0.15, -0.1) is 0 Å². The van der Waals surface area contributed by atoms with Gasteiger partial charge in [0.2, 0.25) is 10.0 Å². The molecule has 1 aliphatic heterocycles. The van der Waals surface area contributed by atoms with E-state index in [4.69, 9.17) is 10.5 Å². The van der Waals surface area contributed by atoms with Crippen LogP contribution in [0.2, 0.25) is 0 Å². The summed E-state index contributed by atoms with van der Waals surface area (Å²) in [6, 6.07) is 6.73. The molecule has 2 rings (SSSR count). The first kappa shape index (κ1) is 16.3. The van der Waals surface area contributed by atoms with Crippen LogP contribution in [0.1, 0.15) is 26.7 Å². The van der Waals surface area contributed by atoms with Crippen molar-refractivity contribution < 1.29 is 13.2 Å². The van der Waals surface area contributed by atoms with Gasteiger partial charge in [-0.05, 0) is 43.0 Å². The molecule has 2 unspecified atom stereocenters. The van der Waals surface area contributed by atoms with Crippen molar-refractivity contribution in [2.24, 2.45) is 11.7 Å². The summed E-state index contributed by atoms with van der Waals surface area (Å²) >= 11 is 0. The van der Waals surface area contributed by atoms with Gasteiger partial charge in [0.05, 0.1) is 11.5 Å². The van der Waals surface area contributed by atoms with Crippen LogP contribution in [0.3, 0.4) is 0 Å². The van der Waals surface area contributed by atoms with Crippen molar-refractivity contribution in [2.45, 2.75) is 37.6 Å². The zero-order chi connectivity index (χ0) is 15.5. The van der Waals surface area contributed by atoms with Crippen molar-refractivity contribution >= 4 is 10.0 Å². The molecule has 0 amide bonds. The van der Waals surface area contributed by atoms with Crippen LogP contribution in [0.5, 0.6) is 5.75 Å². The average molecular weight is 312 g/mol. The number of nitrogens with two attached hydrogens (primary N) is 1. The molecule has 21 heavy (non-hydrogen) atoms. The average Bonchev–Trinajstić information content (AvgIpc) is 2.48. The van der Waals surface area contributed by atoms with Crippen molar-refractivity contribution in [1.82, 2.24) is 4.31 Å². The van der Waals surface area contributed by atoms with E-state index >= 15 is 0 Å². The number of benzene rings is 1. The molecule has 1 saturated heterocycles. The van der Waals surface area contributed by atoms with E-state index < -0.39 is 10.0 Å². The van der Waals surface area contributed by atoms with E-state index in [1.165, 1.54) is 4.31 Å². The molecule has 1 fully saturated rings. The summed E-state index contributed by atoms with van der Waals surface area (Å²) in [6.07, 6.45) is 1.63. The molecule has 0 saturated carbocycles. The van der Waals surface area contributed by atoms with E-state index in [-0.39, 0.29) is 12.0 Å². The van der Waals surface area contributed by atoms with Crippen molar-refractivity contribution in [3.05, 3.63) is 24.3 Å². The molecule has 0 aliphatic carbocycles. The van der Waals surface area contributed by atoms with E-state index in [9.17, 15) is 8.42 Å². The maximum Gasteiger partial charge on any atom is 0.243 e. The molecule has 0 aromatic heterocycles. The van der Waals surface area contributed by atoms with Crippen LogP contribution in [0, 0.1) is 5.92 Å². The first-order valence-corrected chi connectivity index (χ1v) is 8.87. The lowest BCUT2D eigenvalue weighted by Gasteiger charge is -2.34. The highest BCUT2D eigenvalue weighted by Gasteiger charge is 2.31. The van der Waals surface area contributed by atoms with Crippen LogP contribution in [0.4, 0.5) is 0 Å². The molecule has 5 nitrogen and oxygen atoms in total. The van der Waals surface area contributed by atoms with Gasteiger partial charge in [0.1, 0.15) is 5.75 Å². The lowest BCUT2D eigenvalue weighted by Crippen LogP contribution is -2.48. The standard InChI is InChI=1S/C15H24N2O3S/c1-3-10-20-13-4-6-14(7-5-13)21(18,19)17-9-8-15(16)12(2)11-17/h4-7,12,15H,3,8-11,16H2,1-2H3. The smallest absolute Gasteiger partial charge is 0.243 e. The number of rotatable bonds is 5. The van der Waals surface area contributed by atoms with Gasteiger partial charge >= 0.3 is 0 Å². The van der Waals surface area contributed by atoms with Gasteiger partial charge in [-0.3, -0.25) is 0 Å². The molecule has 0 bridgehead atoms. The Bertz CT molecular complexity index is 557. The summed E-state index contributed by atoms with van der Waals surface area (Å²) in [7, 11) is -3.43. The molecule has 2 N–H and O–H groups in total. The van der Waals surface area contributed by atoms with Crippen LogP contribution in [0.15, 0.2) is 29.2 Å². The quantitative estimate of drug-likeness (QED) is 0.900. The molecule has 2 atom stereocenters. The molecule has 0 radical (unpaired) electrons. The van der Waals surface area contributed by atoms with E-state index in [0.717, 1.165) is 6.42 Å². The third-order valence-electron chi connectivity index (χ3n) is 3.87. The first-order chi connectivity index (χ1) is 9.95. The lowest BCUT2D eigenvalue weighted by molar-refractivity contribution is 0.250. The lowest BCUT2D eigenvalue weighted by atomic mass is 9.96. The number of hydrogen-bond donors (Lipinski definition) is 1. The minimum atomic E-state index is -3.43. The van der Waals surface area contributed by atoms with Crippen molar-refractivity contribution in [3.8, 4) is 5.75 Å². The SMILES string of the molecule is CCCOc1ccc(S(=O)(=O)N2CCC(N)C(C)C2)cc1. The topological polar surface area (TPSA) is 72.6 Å². The monoisotopic (exact) mass is 312 g/mol. The van der Waals surface area contributed by atoms with E-state index in [0.29, 0.717) is 36.8 Å². The first-order valence-electron chi connectivity index (χ1n) is 7.43. The van der Waals surface area contributed by atoms with E-state index in [1.807, 2.05) is 13.8 Å². The molecule has 1 aliphatic rings. The Balaban J connectivity index is 2.12. The Labute approximate surface area is 127 Å². The van der Waals surface area contributed by atoms with Crippen molar-refractivity contribution in [2.75, 3.05) is 19.7 Å². The molecule has 0 spiro atoms. The van der Waals surface area contributed by atoms with Crippen LogP contribution in [-0.4, -0.2) is 38.5 Å². The van der Waals surface area contributed by atoms with E-state index in [2.05, 4.69) is 0 Å². The zero-order valence-electron chi connectivity index (χ0n) is 12.7. The maximum atomic E-state index is 12.6. The van der Waals surface area contributed by atoms with Gasteiger partial charge in [-0.25, -0.2) is 8.42 Å². The number of ether oxygens (including phenoxy) is 1. The van der Waals surface area contributed by atoms with Crippen LogP contribution < -0.4 is 10.5 Å². The highest BCUT2D eigenvalue weighted by molar-refractivity contribution is 7.89. The maximum absolute atomic E-state index is 12.6. The van der Waals surface area contributed by atoms with Gasteiger partial charge in [-0.1, -0.05) is 13.8 Å². The fraction of sp³-hybridized carbons (Fsp3) is 0.600. The summed E-state index contributed by atoms with van der Waals surface area (Å²) in [6.45, 7) is 5.63. The fourth-order valence-electron chi connectivity index (χ4n) is 2.42. The minimum absolute atomic E-state index is 0.0845. The number of nitrogens with zero attached hydrogens (tertiary/aromatic N) is 1. The Kier molecular flexibility index (Phi) is 5.24. The molecule has 6 heteroatoms. The molecular weight excluding hydrogens is 288 g/mol. The summed E-state index contributed by atoms with van der Waals surface area (Å²) < 4.78 is 32.2. The summed E-state index contributed by atoms with van der Waals surface area (Å²) in [5.74, 6) is 0.880. The van der Waals surface area contributed by atoms with Crippen molar-refractivity contribution in [3.63, 3.8) is 0 Å². The largest absolute Gasteiger partial charge is 0.494 e. The van der Waals surface area contributed by atoms with Crippen LogP contribution in [0.25, 0.3) is 0 Å². The molecule has 1 aromatic rings. The van der Waals surface area contributed by atoms with Gasteiger partial charge < -0.3 is 10.5 Å². The Morgan fingerprint density at radius 3 is 2.57 bits per heavy atom. The van der Waals surface area contributed by atoms with Crippen LogP contribution in [-0.2, 0) is 10.0 Å². The van der Waals surface area contributed by atoms with Gasteiger partial charge in [0.25, 0.3) is 0 Å². The minimum Gasteiger partial charge on any atom is -0.494 e. The molecule has 1 aromatic carbocycles. The predicted octanol–water partition coefficient (Wildman–Crippen LogP) is 1.83. The molecular formula is C15H24N2O3S. The highest BCUT2D eigenvalue weighted by atomic mass is 32.2. The van der Waals surface area contributed by atoms with Gasteiger partial charge in [0, 0.05) is 19.1 Å². The van der Waals surface area contributed by atoms with Gasteiger partial charge in [0.15, 0.2) is 0 Å². The Hall–Kier alpha value is -1.11. The van der Waals surface area contributed by atoms with Gasteiger partial charge in [-0.2, -0.15) is 4.31 Å². The Morgan fingerprint density at radius 1 is 1.33 bits per heavy atom.